The van der Waals surface area contributed by atoms with Crippen molar-refractivity contribution >= 4 is 34.6 Å². The molecule has 7 rings (SSSR count). The lowest BCUT2D eigenvalue weighted by atomic mass is 9.64. The maximum Gasteiger partial charge on any atom is 0.308 e. The molecule has 0 spiro atoms. The molecule has 230 valence electrons. The Kier molecular flexibility index (Phi) is 10.8. The van der Waals surface area contributed by atoms with Gasteiger partial charge in [-0.05, 0) is 128 Å². The Morgan fingerprint density at radius 2 is 1.31 bits per heavy atom. The Bertz CT molecular complexity index is 1210. The predicted molar refractivity (Wildman–Crippen MR) is 177 cm³/mol. The summed E-state index contributed by atoms with van der Waals surface area (Å²) < 4.78 is 10.1. The second kappa shape index (κ2) is 13.8. The second-order valence-corrected chi connectivity index (χ2v) is 15.2. The highest BCUT2D eigenvalue weighted by atomic mass is 32.2. The highest BCUT2D eigenvalue weighted by Gasteiger charge is 2.68. The first-order valence-corrected chi connectivity index (χ1v) is 17.1. The molecule has 10 atom stereocenters. The third kappa shape index (κ3) is 6.45. The van der Waals surface area contributed by atoms with E-state index < -0.39 is 0 Å². The smallest absolute Gasteiger partial charge is 0.308 e. The quantitative estimate of drug-likeness (QED) is 0.185. The molecule has 42 heavy (non-hydrogen) atoms. The summed E-state index contributed by atoms with van der Waals surface area (Å²) in [5.74, 6) is 9.56. The molecule has 0 N–H and O–H groups in total. The fourth-order valence-corrected chi connectivity index (χ4v) is 11.8. The maximum atomic E-state index is 11.5. The Balaban J connectivity index is 0.000000185. The molecule has 2 aromatic carbocycles. The van der Waals surface area contributed by atoms with Crippen LogP contribution in [0.25, 0.3) is 0 Å². The van der Waals surface area contributed by atoms with E-state index >= 15 is 0 Å². The van der Waals surface area contributed by atoms with Gasteiger partial charge in [-0.25, -0.2) is 0 Å². The van der Waals surface area contributed by atoms with Crippen LogP contribution >= 0.6 is 23.5 Å². The number of carbonyl (C=O) groups is 2. The summed E-state index contributed by atoms with van der Waals surface area (Å²) in [6.07, 6.45) is 10.6. The van der Waals surface area contributed by atoms with Gasteiger partial charge in [0, 0.05) is 24.3 Å². The lowest BCUT2D eigenvalue weighted by molar-refractivity contribution is -0.131. The number of fused-ring (bicyclic) bond motifs is 12. The van der Waals surface area contributed by atoms with E-state index in [-0.39, 0.29) is 20.8 Å². The summed E-state index contributed by atoms with van der Waals surface area (Å²) >= 11 is 3.82. The lowest BCUT2D eigenvalue weighted by Gasteiger charge is -2.43. The van der Waals surface area contributed by atoms with Gasteiger partial charge in [0.05, 0.1) is 7.11 Å². The van der Waals surface area contributed by atoms with Crippen molar-refractivity contribution in [1.29, 1.82) is 0 Å². The van der Waals surface area contributed by atoms with Crippen molar-refractivity contribution in [3.8, 4) is 11.5 Å². The average Bonchev–Trinajstić information content (AvgIpc) is 3.73. The monoisotopic (exact) mass is 610 g/mol. The van der Waals surface area contributed by atoms with E-state index in [1.807, 2.05) is 36.4 Å². The number of esters is 1. The van der Waals surface area contributed by atoms with E-state index in [9.17, 15) is 9.59 Å². The second-order valence-electron chi connectivity index (χ2n) is 12.7. The van der Waals surface area contributed by atoms with Crippen molar-refractivity contribution in [3.63, 3.8) is 0 Å². The van der Waals surface area contributed by atoms with Crippen LogP contribution < -0.4 is 9.47 Å². The molecule has 5 fully saturated rings. The zero-order valence-corrected chi connectivity index (χ0v) is 25.7. The molecule has 5 aliphatic rings. The minimum atomic E-state index is -0.303. The van der Waals surface area contributed by atoms with Gasteiger partial charge in [0.15, 0.2) is 5.12 Å². The highest BCUT2D eigenvalue weighted by Crippen LogP contribution is 2.74. The fourth-order valence-electron chi connectivity index (χ4n) is 9.64. The van der Waals surface area contributed by atoms with E-state index in [1.54, 1.807) is 50.8 Å². The molecular weight excluding hydrogens is 561 g/mol. The first-order valence-electron chi connectivity index (χ1n) is 14.9. The number of thioether (sulfide) groups is 2. The summed E-state index contributed by atoms with van der Waals surface area (Å²) in [5.41, 5.74) is 2.38. The van der Waals surface area contributed by atoms with Crippen LogP contribution in [0.5, 0.6) is 11.5 Å². The van der Waals surface area contributed by atoms with Gasteiger partial charge in [-0.3, -0.25) is 9.59 Å². The van der Waals surface area contributed by atoms with Crippen molar-refractivity contribution in [1.82, 2.24) is 0 Å². The number of benzene rings is 2. The van der Waals surface area contributed by atoms with Gasteiger partial charge < -0.3 is 9.47 Å². The molecule has 0 radical (unpaired) electrons. The van der Waals surface area contributed by atoms with Crippen molar-refractivity contribution < 1.29 is 19.1 Å². The predicted octanol–water partition coefficient (Wildman–Crippen LogP) is 8.80. The van der Waals surface area contributed by atoms with E-state index in [4.69, 9.17) is 9.47 Å². The maximum absolute atomic E-state index is 11.5. The Labute approximate surface area is 262 Å². The van der Waals surface area contributed by atoms with E-state index in [2.05, 4.69) is 18.0 Å². The third-order valence-corrected chi connectivity index (χ3v) is 12.9. The van der Waals surface area contributed by atoms with Crippen LogP contribution in [0.4, 0.5) is 0 Å². The molecule has 4 nitrogen and oxygen atoms in total. The molecule has 0 saturated heterocycles. The van der Waals surface area contributed by atoms with Gasteiger partial charge in [0.25, 0.3) is 0 Å². The van der Waals surface area contributed by atoms with Crippen LogP contribution in [0, 0.1) is 47.3 Å². The molecule has 10 unspecified atom stereocenters. The molecule has 4 bridgehead atoms. The molecular formula is C36H50O4S2. The molecule has 5 saturated carbocycles. The SMILES string of the molecule is C.C.COc1ccc(Cc2ccc(OC(C)=O)cc2)cc1.CSC1CC2CC1C1C3CC(C4CC(SC(C)=O)CC43)C21. The van der Waals surface area contributed by atoms with Gasteiger partial charge in [-0.1, -0.05) is 50.9 Å². The number of carbonyl (C=O) groups excluding carboxylic acids is 2. The minimum Gasteiger partial charge on any atom is -0.497 e. The van der Waals surface area contributed by atoms with Crippen molar-refractivity contribution in [2.75, 3.05) is 13.4 Å². The van der Waals surface area contributed by atoms with Crippen LogP contribution in [0.15, 0.2) is 48.5 Å². The van der Waals surface area contributed by atoms with Crippen LogP contribution in [0.2, 0.25) is 0 Å². The summed E-state index contributed by atoms with van der Waals surface area (Å²) in [4.78, 5) is 22.3. The van der Waals surface area contributed by atoms with Crippen LogP contribution in [0.3, 0.4) is 0 Å². The molecule has 6 heteroatoms. The summed E-state index contributed by atoms with van der Waals surface area (Å²) in [6, 6.07) is 15.5. The molecule has 0 heterocycles. The standard InChI is InChI=1S/C18H26OS2.C16H16O3.2CH4/c1-8(19)21-10-5-11-12(6-10)14-7-13(11)17-9-3-15(18(14)17)16(4-9)20-2;1-12(17)19-16-9-5-14(6-10-16)11-13-3-7-15(18-2)8-4-13;;/h9-18H,3-7H2,1-2H3;3-10H,11H2,1-2H3;2*1H4. The lowest BCUT2D eigenvalue weighted by Crippen LogP contribution is -2.39. The molecule has 2 aromatic rings. The first-order chi connectivity index (χ1) is 19.3. The number of rotatable bonds is 6. The van der Waals surface area contributed by atoms with Crippen molar-refractivity contribution in [3.05, 3.63) is 59.7 Å². The minimum absolute atomic E-state index is 0. The Hall–Kier alpha value is -1.92. The zero-order valence-electron chi connectivity index (χ0n) is 24.1. The van der Waals surface area contributed by atoms with Crippen molar-refractivity contribution in [2.45, 2.75) is 77.7 Å². The number of hydrogen-bond acceptors (Lipinski definition) is 6. The third-order valence-electron chi connectivity index (χ3n) is 10.7. The summed E-state index contributed by atoms with van der Waals surface area (Å²) in [5, 5.41) is 1.99. The van der Waals surface area contributed by atoms with E-state index in [0.717, 1.165) is 64.8 Å². The van der Waals surface area contributed by atoms with Crippen LogP contribution in [-0.4, -0.2) is 35.0 Å². The first kappa shape index (κ1) is 33.0. The van der Waals surface area contributed by atoms with Gasteiger partial charge in [0.1, 0.15) is 11.5 Å². The summed E-state index contributed by atoms with van der Waals surface area (Å²) in [7, 11) is 1.66. The molecule has 0 aliphatic heterocycles. The molecule has 5 aliphatic carbocycles. The van der Waals surface area contributed by atoms with Crippen LogP contribution in [0.1, 0.15) is 71.9 Å². The molecule has 0 amide bonds. The van der Waals surface area contributed by atoms with E-state index in [1.165, 1.54) is 37.3 Å². The number of methoxy groups -OCH3 is 1. The van der Waals surface area contributed by atoms with Gasteiger partial charge in [0.2, 0.25) is 0 Å². The van der Waals surface area contributed by atoms with Crippen LogP contribution in [-0.2, 0) is 16.0 Å². The average molecular weight is 611 g/mol. The molecule has 0 aromatic heterocycles. The fraction of sp³-hybridized carbons (Fsp3) is 0.611. The van der Waals surface area contributed by atoms with E-state index in [0.29, 0.717) is 16.1 Å². The Morgan fingerprint density at radius 3 is 1.83 bits per heavy atom. The number of ether oxygens (including phenoxy) is 2. The largest absolute Gasteiger partial charge is 0.497 e. The van der Waals surface area contributed by atoms with Gasteiger partial charge in [-0.15, -0.1) is 0 Å². The topological polar surface area (TPSA) is 52.6 Å². The summed E-state index contributed by atoms with van der Waals surface area (Å²) in [6.45, 7) is 3.15. The highest BCUT2D eigenvalue weighted by molar-refractivity contribution is 8.14. The number of hydrogen-bond donors (Lipinski definition) is 0. The Morgan fingerprint density at radius 1 is 0.738 bits per heavy atom. The van der Waals surface area contributed by atoms with Gasteiger partial charge >= 0.3 is 5.97 Å². The van der Waals surface area contributed by atoms with Gasteiger partial charge in [-0.2, -0.15) is 11.8 Å². The zero-order chi connectivity index (χ0) is 28.0. The van der Waals surface area contributed by atoms with Crippen molar-refractivity contribution in [2.24, 2.45) is 47.3 Å². The normalized spacial score (nSPS) is 34.3.